The number of carboxylic acids is 1. The Labute approximate surface area is 161 Å². The molecular weight excluding hydrogens is 428 g/mol. The maximum Gasteiger partial charge on any atom is 0.326 e. The van der Waals surface area contributed by atoms with Crippen LogP contribution in [-0.2, 0) is 11.2 Å². The number of carboxylic acid groups (broad SMARTS) is 1. The van der Waals surface area contributed by atoms with Crippen LogP contribution in [0.5, 0.6) is 11.5 Å². The van der Waals surface area contributed by atoms with E-state index in [1.54, 1.807) is 12.1 Å². The molecule has 0 fully saturated rings. The number of nitrogens with one attached hydrogen (secondary N) is 1. The van der Waals surface area contributed by atoms with Crippen molar-refractivity contribution in [3.63, 3.8) is 0 Å². The maximum atomic E-state index is 13.8. The molecule has 0 saturated heterocycles. The van der Waals surface area contributed by atoms with Crippen LogP contribution in [0.2, 0.25) is 0 Å². The number of amides is 1. The van der Waals surface area contributed by atoms with E-state index in [2.05, 4.69) is 21.2 Å². The Bertz CT molecular complexity index is 885. The Morgan fingerprint density at radius 3 is 2.37 bits per heavy atom. The van der Waals surface area contributed by atoms with Crippen LogP contribution in [-0.4, -0.2) is 36.2 Å². The summed E-state index contributed by atoms with van der Waals surface area (Å²) >= 11 is 3.32. The Balaban J connectivity index is 1.86. The topological polar surface area (TPSA) is 84.9 Å². The van der Waals surface area contributed by atoms with Crippen LogP contribution in [0.3, 0.4) is 0 Å². The first-order chi connectivity index (χ1) is 12.9. The van der Waals surface area contributed by atoms with Gasteiger partial charge in [0.25, 0.3) is 5.91 Å². The van der Waals surface area contributed by atoms with Crippen molar-refractivity contribution < 1.29 is 33.0 Å². The Morgan fingerprint density at radius 2 is 1.74 bits per heavy atom. The van der Waals surface area contributed by atoms with E-state index in [-0.39, 0.29) is 6.42 Å². The zero-order valence-electron chi connectivity index (χ0n) is 13.8. The highest BCUT2D eigenvalue weighted by Gasteiger charge is 2.28. The fraction of sp³-hybridized carbons (Fsp3) is 0.222. The van der Waals surface area contributed by atoms with Gasteiger partial charge in [-0.25, -0.2) is 13.6 Å². The number of aliphatic carboxylic acids is 1. The lowest BCUT2D eigenvalue weighted by Gasteiger charge is -2.23. The van der Waals surface area contributed by atoms with Gasteiger partial charge in [-0.2, -0.15) is 0 Å². The second-order valence-electron chi connectivity index (χ2n) is 5.73. The molecular formula is C18H14BrF2NO5. The van der Waals surface area contributed by atoms with E-state index < -0.39 is 35.1 Å². The van der Waals surface area contributed by atoms with Crippen molar-refractivity contribution in [2.45, 2.75) is 12.5 Å². The SMILES string of the molecule is O=C(NC(Cc1ccc(Br)c2c1OCCO2)C(=O)O)c1c(F)cccc1F. The third kappa shape index (κ3) is 4.02. The second kappa shape index (κ2) is 7.91. The molecule has 0 radical (unpaired) electrons. The number of rotatable bonds is 5. The predicted octanol–water partition coefficient (Wildman–Crippen LogP) is 2.92. The Kier molecular flexibility index (Phi) is 5.59. The molecule has 2 N–H and O–H groups in total. The normalized spacial score (nSPS) is 13.7. The molecule has 2 aromatic carbocycles. The summed E-state index contributed by atoms with van der Waals surface area (Å²) in [5, 5.41) is 11.6. The highest BCUT2D eigenvalue weighted by molar-refractivity contribution is 9.10. The zero-order chi connectivity index (χ0) is 19.6. The standard InChI is InChI=1S/C18H14BrF2NO5/c19-10-5-4-9(15-16(10)27-7-6-26-15)8-13(18(24)25)22-17(23)14-11(20)2-1-3-12(14)21/h1-5,13H,6-8H2,(H,22,23)(H,24,25). The number of ether oxygens (including phenoxy) is 2. The van der Waals surface area contributed by atoms with Crippen molar-refractivity contribution in [3.8, 4) is 11.5 Å². The molecule has 1 heterocycles. The summed E-state index contributed by atoms with van der Waals surface area (Å²) in [6.07, 6.45) is -0.157. The summed E-state index contributed by atoms with van der Waals surface area (Å²) in [5.74, 6) is -3.85. The molecule has 3 rings (SSSR count). The predicted molar refractivity (Wildman–Crippen MR) is 94.1 cm³/mol. The molecule has 0 saturated carbocycles. The van der Waals surface area contributed by atoms with Gasteiger partial charge in [0.05, 0.1) is 4.47 Å². The summed E-state index contributed by atoms with van der Waals surface area (Å²) in [7, 11) is 0. The van der Waals surface area contributed by atoms with E-state index in [0.29, 0.717) is 34.7 Å². The molecule has 0 aliphatic carbocycles. The lowest BCUT2D eigenvalue weighted by Crippen LogP contribution is -2.43. The number of hydrogen-bond donors (Lipinski definition) is 2. The lowest BCUT2D eigenvalue weighted by atomic mass is 10.0. The van der Waals surface area contributed by atoms with Crippen LogP contribution in [0, 0.1) is 11.6 Å². The highest BCUT2D eigenvalue weighted by atomic mass is 79.9. The molecule has 0 spiro atoms. The van der Waals surface area contributed by atoms with Crippen molar-refractivity contribution in [1.29, 1.82) is 0 Å². The van der Waals surface area contributed by atoms with Gasteiger partial charge in [0.15, 0.2) is 11.5 Å². The summed E-state index contributed by atoms with van der Waals surface area (Å²) < 4.78 is 39.2. The zero-order valence-corrected chi connectivity index (χ0v) is 15.4. The first kappa shape index (κ1) is 19.1. The van der Waals surface area contributed by atoms with Crippen LogP contribution in [0.1, 0.15) is 15.9 Å². The number of halogens is 3. The molecule has 9 heteroatoms. The molecule has 1 amide bonds. The van der Waals surface area contributed by atoms with Gasteiger partial charge in [0, 0.05) is 12.0 Å². The quantitative estimate of drug-likeness (QED) is 0.744. The fourth-order valence-corrected chi connectivity index (χ4v) is 3.11. The average Bonchev–Trinajstić information content (AvgIpc) is 2.63. The molecule has 142 valence electrons. The van der Waals surface area contributed by atoms with Gasteiger partial charge >= 0.3 is 5.97 Å². The third-order valence-electron chi connectivity index (χ3n) is 3.94. The van der Waals surface area contributed by atoms with Crippen LogP contribution >= 0.6 is 15.9 Å². The largest absolute Gasteiger partial charge is 0.486 e. The minimum atomic E-state index is -1.42. The number of carbonyl (C=O) groups is 2. The molecule has 1 unspecified atom stereocenters. The minimum absolute atomic E-state index is 0.157. The van der Waals surface area contributed by atoms with Crippen LogP contribution in [0.25, 0.3) is 0 Å². The first-order valence-electron chi connectivity index (χ1n) is 7.93. The van der Waals surface area contributed by atoms with Gasteiger partial charge in [-0.1, -0.05) is 12.1 Å². The van der Waals surface area contributed by atoms with Gasteiger partial charge in [-0.3, -0.25) is 4.79 Å². The van der Waals surface area contributed by atoms with E-state index in [1.807, 2.05) is 0 Å². The maximum absolute atomic E-state index is 13.8. The highest BCUT2D eigenvalue weighted by Crippen LogP contribution is 2.40. The smallest absolute Gasteiger partial charge is 0.326 e. The van der Waals surface area contributed by atoms with Gasteiger partial charge in [-0.05, 0) is 34.1 Å². The Morgan fingerprint density at radius 1 is 1.11 bits per heavy atom. The van der Waals surface area contributed by atoms with E-state index in [1.165, 1.54) is 0 Å². The molecule has 0 aromatic heterocycles. The molecule has 1 aliphatic heterocycles. The molecule has 0 bridgehead atoms. The van der Waals surface area contributed by atoms with Crippen LogP contribution in [0.15, 0.2) is 34.8 Å². The molecule has 6 nitrogen and oxygen atoms in total. The monoisotopic (exact) mass is 441 g/mol. The van der Waals surface area contributed by atoms with Crippen molar-refractivity contribution in [2.75, 3.05) is 13.2 Å². The fourth-order valence-electron chi connectivity index (χ4n) is 2.69. The summed E-state index contributed by atoms with van der Waals surface area (Å²) in [4.78, 5) is 23.8. The van der Waals surface area contributed by atoms with Crippen molar-refractivity contribution >= 4 is 27.8 Å². The Hall–Kier alpha value is -2.68. The molecule has 1 atom stereocenters. The van der Waals surface area contributed by atoms with E-state index in [0.717, 1.165) is 18.2 Å². The van der Waals surface area contributed by atoms with Gasteiger partial charge in [0.2, 0.25) is 0 Å². The van der Waals surface area contributed by atoms with Crippen LogP contribution in [0.4, 0.5) is 8.78 Å². The molecule has 2 aromatic rings. The van der Waals surface area contributed by atoms with Gasteiger partial charge in [0.1, 0.15) is 36.5 Å². The molecule has 1 aliphatic rings. The van der Waals surface area contributed by atoms with Gasteiger partial charge in [-0.15, -0.1) is 0 Å². The third-order valence-corrected chi connectivity index (χ3v) is 4.56. The van der Waals surface area contributed by atoms with Gasteiger partial charge < -0.3 is 19.9 Å². The van der Waals surface area contributed by atoms with Crippen molar-refractivity contribution in [2.24, 2.45) is 0 Å². The lowest BCUT2D eigenvalue weighted by molar-refractivity contribution is -0.139. The van der Waals surface area contributed by atoms with Crippen LogP contribution < -0.4 is 14.8 Å². The number of benzene rings is 2. The molecule has 27 heavy (non-hydrogen) atoms. The number of carbonyl (C=O) groups excluding carboxylic acids is 1. The minimum Gasteiger partial charge on any atom is -0.486 e. The summed E-state index contributed by atoms with van der Waals surface area (Å²) in [6.45, 7) is 0.641. The van der Waals surface area contributed by atoms with Crippen molar-refractivity contribution in [1.82, 2.24) is 5.32 Å². The van der Waals surface area contributed by atoms with E-state index in [4.69, 9.17) is 9.47 Å². The number of hydrogen-bond acceptors (Lipinski definition) is 4. The van der Waals surface area contributed by atoms with E-state index >= 15 is 0 Å². The van der Waals surface area contributed by atoms with Crippen molar-refractivity contribution in [3.05, 3.63) is 57.6 Å². The average molecular weight is 442 g/mol. The summed E-state index contributed by atoms with van der Waals surface area (Å²) in [5.41, 5.74) is -0.351. The number of fused-ring (bicyclic) bond motifs is 1. The first-order valence-corrected chi connectivity index (χ1v) is 8.72. The second-order valence-corrected chi connectivity index (χ2v) is 6.58. The van der Waals surface area contributed by atoms with E-state index in [9.17, 15) is 23.5 Å². The summed E-state index contributed by atoms with van der Waals surface area (Å²) in [6, 6.07) is 4.83.